The van der Waals surface area contributed by atoms with Crippen molar-refractivity contribution in [2.45, 2.75) is 38.6 Å². The van der Waals surface area contributed by atoms with Gasteiger partial charge in [-0.3, -0.25) is 4.79 Å². The number of hydrogen-bond donors (Lipinski definition) is 2. The monoisotopic (exact) mass is 372 g/mol. The molecule has 27 heavy (non-hydrogen) atoms. The standard InChI is InChI=1S/C21H28N2O4/c1-11(14-8-12-5-6-13(14)7-12)22-21(24)16-9-15-17(25-2)10-18(26-3)20(27-4)19(15)23-16/h9-14,23H,5-8H2,1-4H3,(H,22,24). The van der Waals surface area contributed by atoms with Gasteiger partial charge in [0.1, 0.15) is 11.4 Å². The zero-order valence-electron chi connectivity index (χ0n) is 16.4. The molecule has 2 saturated carbocycles. The van der Waals surface area contributed by atoms with Crippen LogP contribution < -0.4 is 19.5 Å². The summed E-state index contributed by atoms with van der Waals surface area (Å²) in [6, 6.07) is 3.77. The third kappa shape index (κ3) is 3.01. The summed E-state index contributed by atoms with van der Waals surface area (Å²) >= 11 is 0. The molecule has 1 heterocycles. The number of ether oxygens (including phenoxy) is 3. The SMILES string of the molecule is COc1cc(OC)c2cc(C(=O)NC(C)C3CC4CCC3C4)[nH]c2c1OC. The van der Waals surface area contributed by atoms with Crippen molar-refractivity contribution in [1.29, 1.82) is 0 Å². The molecule has 1 amide bonds. The van der Waals surface area contributed by atoms with E-state index in [1.807, 2.05) is 6.07 Å². The second-order valence-corrected chi connectivity index (χ2v) is 7.89. The molecule has 4 unspecified atom stereocenters. The van der Waals surface area contributed by atoms with Crippen LogP contribution in [0.15, 0.2) is 12.1 Å². The Hall–Kier alpha value is -2.37. The number of benzene rings is 1. The van der Waals surface area contributed by atoms with Gasteiger partial charge >= 0.3 is 0 Å². The topological polar surface area (TPSA) is 72.6 Å². The maximum atomic E-state index is 12.9. The quantitative estimate of drug-likeness (QED) is 0.810. The lowest BCUT2D eigenvalue weighted by molar-refractivity contribution is 0.0911. The molecule has 0 radical (unpaired) electrons. The van der Waals surface area contributed by atoms with E-state index in [0.29, 0.717) is 34.4 Å². The molecule has 2 bridgehead atoms. The number of H-pyrrole nitrogens is 1. The minimum Gasteiger partial charge on any atom is -0.496 e. The molecule has 6 nitrogen and oxygen atoms in total. The van der Waals surface area contributed by atoms with Crippen LogP contribution in [0.2, 0.25) is 0 Å². The lowest BCUT2D eigenvalue weighted by Gasteiger charge is -2.28. The highest BCUT2D eigenvalue weighted by molar-refractivity contribution is 6.02. The molecule has 0 spiro atoms. The van der Waals surface area contributed by atoms with E-state index in [-0.39, 0.29) is 11.9 Å². The van der Waals surface area contributed by atoms with E-state index in [1.165, 1.54) is 25.7 Å². The first kappa shape index (κ1) is 18.0. The summed E-state index contributed by atoms with van der Waals surface area (Å²) in [6.07, 6.45) is 5.27. The van der Waals surface area contributed by atoms with Gasteiger partial charge in [0, 0.05) is 17.5 Å². The van der Waals surface area contributed by atoms with Crippen LogP contribution in [0.5, 0.6) is 17.2 Å². The summed E-state index contributed by atoms with van der Waals surface area (Å²) in [4.78, 5) is 16.1. The van der Waals surface area contributed by atoms with Gasteiger partial charge in [0.15, 0.2) is 11.5 Å². The Morgan fingerprint density at radius 2 is 1.89 bits per heavy atom. The Bertz CT molecular complexity index is 859. The molecule has 4 atom stereocenters. The number of fused-ring (bicyclic) bond motifs is 3. The first-order chi connectivity index (χ1) is 13.0. The summed E-state index contributed by atoms with van der Waals surface area (Å²) in [5.41, 5.74) is 1.20. The zero-order valence-corrected chi connectivity index (χ0v) is 16.4. The third-order valence-corrected chi connectivity index (χ3v) is 6.48. The third-order valence-electron chi connectivity index (χ3n) is 6.48. The van der Waals surface area contributed by atoms with Crippen LogP contribution in [0.25, 0.3) is 10.9 Å². The molecule has 2 aliphatic carbocycles. The number of aromatic amines is 1. The second-order valence-electron chi connectivity index (χ2n) is 7.89. The van der Waals surface area contributed by atoms with Crippen LogP contribution in [0.1, 0.15) is 43.1 Å². The van der Waals surface area contributed by atoms with Gasteiger partial charge < -0.3 is 24.5 Å². The Morgan fingerprint density at radius 3 is 2.48 bits per heavy atom. The summed E-state index contributed by atoms with van der Waals surface area (Å²) in [6.45, 7) is 2.14. The van der Waals surface area contributed by atoms with Crippen LogP contribution in [0, 0.1) is 17.8 Å². The number of amides is 1. The number of nitrogens with one attached hydrogen (secondary N) is 2. The molecule has 2 N–H and O–H groups in total. The fourth-order valence-electron chi connectivity index (χ4n) is 5.16. The largest absolute Gasteiger partial charge is 0.496 e. The van der Waals surface area contributed by atoms with E-state index in [0.717, 1.165) is 17.2 Å². The minimum atomic E-state index is -0.0930. The highest BCUT2D eigenvalue weighted by Crippen LogP contribution is 2.49. The van der Waals surface area contributed by atoms with Crippen LogP contribution in [0.3, 0.4) is 0 Å². The number of carbonyl (C=O) groups is 1. The maximum Gasteiger partial charge on any atom is 0.267 e. The summed E-state index contributed by atoms with van der Waals surface area (Å²) < 4.78 is 16.4. The highest BCUT2D eigenvalue weighted by Gasteiger charge is 2.42. The smallest absolute Gasteiger partial charge is 0.267 e. The maximum absolute atomic E-state index is 12.9. The van der Waals surface area contributed by atoms with Crippen molar-refractivity contribution in [1.82, 2.24) is 10.3 Å². The average Bonchev–Trinajstić information content (AvgIpc) is 3.41. The van der Waals surface area contributed by atoms with Crippen molar-refractivity contribution < 1.29 is 19.0 Å². The fourth-order valence-corrected chi connectivity index (χ4v) is 5.16. The first-order valence-corrected chi connectivity index (χ1v) is 9.68. The predicted octanol–water partition coefficient (Wildman–Crippen LogP) is 3.75. The van der Waals surface area contributed by atoms with Crippen LogP contribution >= 0.6 is 0 Å². The molecule has 6 heteroatoms. The first-order valence-electron chi connectivity index (χ1n) is 9.68. The van der Waals surface area contributed by atoms with Crippen molar-refractivity contribution in [3.63, 3.8) is 0 Å². The van der Waals surface area contributed by atoms with E-state index in [4.69, 9.17) is 14.2 Å². The molecule has 1 aromatic heterocycles. The van der Waals surface area contributed by atoms with Crippen LogP contribution in [0.4, 0.5) is 0 Å². The van der Waals surface area contributed by atoms with Crippen molar-refractivity contribution >= 4 is 16.8 Å². The van der Waals surface area contributed by atoms with Crippen molar-refractivity contribution in [3.05, 3.63) is 17.8 Å². The number of rotatable bonds is 6. The molecule has 2 aliphatic rings. The van der Waals surface area contributed by atoms with Crippen LogP contribution in [-0.2, 0) is 0 Å². The van der Waals surface area contributed by atoms with Gasteiger partial charge in [-0.1, -0.05) is 6.42 Å². The summed E-state index contributed by atoms with van der Waals surface area (Å²) in [7, 11) is 4.77. The van der Waals surface area contributed by atoms with Gasteiger partial charge in [0.25, 0.3) is 5.91 Å². The predicted molar refractivity (Wildman–Crippen MR) is 104 cm³/mol. The Kier molecular flexibility index (Phi) is 4.66. The van der Waals surface area contributed by atoms with E-state index < -0.39 is 0 Å². The Balaban J connectivity index is 1.60. The zero-order chi connectivity index (χ0) is 19.1. The highest BCUT2D eigenvalue weighted by atomic mass is 16.5. The lowest BCUT2D eigenvalue weighted by Crippen LogP contribution is -2.40. The molecule has 0 aliphatic heterocycles. The molecule has 2 fully saturated rings. The molecule has 1 aromatic carbocycles. The van der Waals surface area contributed by atoms with Crippen LogP contribution in [-0.4, -0.2) is 38.3 Å². The molecule has 146 valence electrons. The Labute approximate surface area is 159 Å². The number of carbonyl (C=O) groups excluding carboxylic acids is 1. The van der Waals surface area contributed by atoms with Gasteiger partial charge in [0.2, 0.25) is 0 Å². The number of methoxy groups -OCH3 is 3. The lowest BCUT2D eigenvalue weighted by atomic mass is 9.84. The van der Waals surface area contributed by atoms with Gasteiger partial charge in [-0.2, -0.15) is 0 Å². The van der Waals surface area contributed by atoms with Crippen molar-refractivity contribution in [2.24, 2.45) is 17.8 Å². The molecule has 0 saturated heterocycles. The van der Waals surface area contributed by atoms with Gasteiger partial charge in [-0.05, 0) is 50.0 Å². The minimum absolute atomic E-state index is 0.0930. The van der Waals surface area contributed by atoms with Crippen molar-refractivity contribution in [3.8, 4) is 17.2 Å². The summed E-state index contributed by atoms with van der Waals surface area (Å²) in [5, 5.41) is 4.00. The van der Waals surface area contributed by atoms with E-state index in [1.54, 1.807) is 27.4 Å². The molecular formula is C21H28N2O4. The average molecular weight is 372 g/mol. The van der Waals surface area contributed by atoms with Crippen molar-refractivity contribution in [2.75, 3.05) is 21.3 Å². The summed E-state index contributed by atoms with van der Waals surface area (Å²) in [5.74, 6) is 3.91. The normalized spacial score (nSPS) is 24.8. The number of aromatic nitrogens is 1. The molecular weight excluding hydrogens is 344 g/mol. The second kappa shape index (κ2) is 6.98. The Morgan fingerprint density at radius 1 is 1.11 bits per heavy atom. The molecule has 2 aromatic rings. The van der Waals surface area contributed by atoms with E-state index >= 15 is 0 Å². The van der Waals surface area contributed by atoms with E-state index in [9.17, 15) is 4.79 Å². The van der Waals surface area contributed by atoms with Gasteiger partial charge in [-0.15, -0.1) is 0 Å². The number of hydrogen-bond acceptors (Lipinski definition) is 4. The van der Waals surface area contributed by atoms with Gasteiger partial charge in [0.05, 0.1) is 26.8 Å². The molecule has 4 rings (SSSR count). The van der Waals surface area contributed by atoms with E-state index in [2.05, 4.69) is 17.2 Å². The fraction of sp³-hybridized carbons (Fsp3) is 0.571. The van der Waals surface area contributed by atoms with Gasteiger partial charge in [-0.25, -0.2) is 0 Å².